The van der Waals surface area contributed by atoms with Gasteiger partial charge in [-0.1, -0.05) is 11.6 Å². The third-order valence-corrected chi connectivity index (χ3v) is 5.25. The number of hydrogen-bond donors (Lipinski definition) is 0. The van der Waals surface area contributed by atoms with E-state index in [0.29, 0.717) is 31.3 Å². The summed E-state index contributed by atoms with van der Waals surface area (Å²) < 4.78 is 16.8. The highest BCUT2D eigenvalue weighted by Crippen LogP contribution is 2.15. The number of ether oxygens (including phenoxy) is 3. The van der Waals surface area contributed by atoms with Crippen molar-refractivity contribution in [2.24, 2.45) is 0 Å². The molecule has 6 nitrogen and oxygen atoms in total. The molecule has 3 rings (SSSR count). The fourth-order valence-corrected chi connectivity index (χ4v) is 3.48. The van der Waals surface area contributed by atoms with Gasteiger partial charge in [0.25, 0.3) is 0 Å². The average molecular weight is 397 g/mol. The molecule has 7 heteroatoms. The van der Waals surface area contributed by atoms with Gasteiger partial charge in [-0.05, 0) is 37.1 Å². The van der Waals surface area contributed by atoms with Gasteiger partial charge < -0.3 is 19.1 Å². The molecule has 1 unspecified atom stereocenters. The van der Waals surface area contributed by atoms with E-state index in [1.165, 1.54) is 0 Å². The topological polar surface area (TPSA) is 51.2 Å². The number of amides is 1. The van der Waals surface area contributed by atoms with Crippen molar-refractivity contribution in [2.75, 3.05) is 59.2 Å². The first-order valence-electron chi connectivity index (χ1n) is 9.78. The van der Waals surface area contributed by atoms with E-state index in [4.69, 9.17) is 25.8 Å². The molecule has 1 aromatic rings. The Kier molecular flexibility index (Phi) is 8.20. The molecule has 2 fully saturated rings. The molecular formula is C20H29ClN2O4. The largest absolute Gasteiger partial charge is 0.492 e. The van der Waals surface area contributed by atoms with E-state index in [9.17, 15) is 4.79 Å². The van der Waals surface area contributed by atoms with Gasteiger partial charge >= 0.3 is 0 Å². The van der Waals surface area contributed by atoms with Crippen molar-refractivity contribution in [3.05, 3.63) is 29.3 Å². The van der Waals surface area contributed by atoms with Crippen LogP contribution in [0.4, 0.5) is 0 Å². The molecule has 27 heavy (non-hydrogen) atoms. The molecular weight excluding hydrogens is 368 g/mol. The summed E-state index contributed by atoms with van der Waals surface area (Å²) in [6, 6.07) is 7.40. The average Bonchev–Trinajstić information content (AvgIpc) is 3.21. The summed E-state index contributed by atoms with van der Waals surface area (Å²) in [7, 11) is 0. The van der Waals surface area contributed by atoms with Crippen molar-refractivity contribution in [1.29, 1.82) is 0 Å². The smallest absolute Gasteiger partial charge is 0.224 e. The van der Waals surface area contributed by atoms with Crippen LogP contribution in [0.1, 0.15) is 19.3 Å². The molecule has 2 heterocycles. The van der Waals surface area contributed by atoms with Crippen molar-refractivity contribution in [1.82, 2.24) is 9.80 Å². The van der Waals surface area contributed by atoms with E-state index >= 15 is 0 Å². The first-order chi connectivity index (χ1) is 13.2. The first-order valence-corrected chi connectivity index (χ1v) is 10.2. The molecule has 0 saturated carbocycles. The standard InChI is InChI=1S/C20H29ClN2O4/c21-17-3-5-18(6-4-17)27-15-12-22-8-10-23(11-9-22)20(24)7-14-25-16-19-2-1-13-26-19/h3-6,19H,1-2,7-16H2. The van der Waals surface area contributed by atoms with Crippen LogP contribution in [0, 0.1) is 0 Å². The van der Waals surface area contributed by atoms with E-state index in [2.05, 4.69) is 4.90 Å². The van der Waals surface area contributed by atoms with E-state index in [-0.39, 0.29) is 12.0 Å². The second kappa shape index (κ2) is 10.9. The Morgan fingerprint density at radius 3 is 2.63 bits per heavy atom. The van der Waals surface area contributed by atoms with Crippen LogP contribution in [0.25, 0.3) is 0 Å². The van der Waals surface area contributed by atoms with E-state index in [1.54, 1.807) is 0 Å². The molecule has 0 bridgehead atoms. The number of carbonyl (C=O) groups is 1. The molecule has 0 N–H and O–H groups in total. The van der Waals surface area contributed by atoms with Crippen molar-refractivity contribution in [3.8, 4) is 5.75 Å². The summed E-state index contributed by atoms with van der Waals surface area (Å²) in [6.07, 6.45) is 2.85. The summed E-state index contributed by atoms with van der Waals surface area (Å²) in [5.41, 5.74) is 0. The Balaban J connectivity index is 1.24. The first kappa shape index (κ1) is 20.4. The lowest BCUT2D eigenvalue weighted by Gasteiger charge is -2.34. The molecule has 2 aliphatic rings. The summed E-state index contributed by atoms with van der Waals surface area (Å²) in [4.78, 5) is 16.6. The van der Waals surface area contributed by atoms with Gasteiger partial charge in [-0.15, -0.1) is 0 Å². The highest BCUT2D eigenvalue weighted by Gasteiger charge is 2.21. The number of piperazine rings is 1. The van der Waals surface area contributed by atoms with E-state index in [1.807, 2.05) is 29.2 Å². The molecule has 0 spiro atoms. The Labute approximate surface area is 166 Å². The number of rotatable bonds is 9. The molecule has 0 radical (unpaired) electrons. The quantitative estimate of drug-likeness (QED) is 0.600. The van der Waals surface area contributed by atoms with Gasteiger partial charge in [0, 0.05) is 44.4 Å². The summed E-state index contributed by atoms with van der Waals surface area (Å²) in [5.74, 6) is 1.01. The van der Waals surface area contributed by atoms with Crippen LogP contribution in [0.5, 0.6) is 5.75 Å². The number of carbonyl (C=O) groups excluding carboxylic acids is 1. The Bertz CT molecular complexity index is 570. The highest BCUT2D eigenvalue weighted by atomic mass is 35.5. The molecule has 2 aliphatic heterocycles. The van der Waals surface area contributed by atoms with Gasteiger partial charge in [0.15, 0.2) is 0 Å². The third-order valence-electron chi connectivity index (χ3n) is 5.00. The zero-order valence-corrected chi connectivity index (χ0v) is 16.5. The number of benzene rings is 1. The van der Waals surface area contributed by atoms with Gasteiger partial charge in [0.1, 0.15) is 12.4 Å². The molecule has 150 valence electrons. The predicted molar refractivity (Wildman–Crippen MR) is 104 cm³/mol. The van der Waals surface area contributed by atoms with Gasteiger partial charge in [-0.3, -0.25) is 9.69 Å². The summed E-state index contributed by atoms with van der Waals surface area (Å²) >= 11 is 5.87. The van der Waals surface area contributed by atoms with Gasteiger partial charge in [0.2, 0.25) is 5.91 Å². The minimum absolute atomic E-state index is 0.180. The predicted octanol–water partition coefficient (Wildman–Crippen LogP) is 2.45. The minimum atomic E-state index is 0.180. The number of halogens is 1. The summed E-state index contributed by atoms with van der Waals surface area (Å²) in [5, 5.41) is 0.709. The van der Waals surface area contributed by atoms with Crippen LogP contribution in [0.2, 0.25) is 5.02 Å². The lowest BCUT2D eigenvalue weighted by atomic mass is 10.2. The van der Waals surface area contributed by atoms with Crippen LogP contribution < -0.4 is 4.74 Å². The highest BCUT2D eigenvalue weighted by molar-refractivity contribution is 6.30. The molecule has 1 atom stereocenters. The maximum atomic E-state index is 12.3. The monoisotopic (exact) mass is 396 g/mol. The molecule has 0 aromatic heterocycles. The lowest BCUT2D eigenvalue weighted by Crippen LogP contribution is -2.49. The fraction of sp³-hybridized carbons (Fsp3) is 0.650. The van der Waals surface area contributed by atoms with Crippen LogP contribution in [-0.2, 0) is 14.3 Å². The van der Waals surface area contributed by atoms with Crippen LogP contribution in [0.15, 0.2) is 24.3 Å². The van der Waals surface area contributed by atoms with Gasteiger partial charge in [0.05, 0.1) is 25.7 Å². The molecule has 0 aliphatic carbocycles. The zero-order chi connectivity index (χ0) is 18.9. The van der Waals surface area contributed by atoms with Crippen LogP contribution in [-0.4, -0.2) is 81.0 Å². The second-order valence-electron chi connectivity index (χ2n) is 6.98. The van der Waals surface area contributed by atoms with E-state index in [0.717, 1.165) is 57.9 Å². The maximum Gasteiger partial charge on any atom is 0.224 e. The summed E-state index contributed by atoms with van der Waals surface area (Å²) in [6.45, 7) is 6.71. The SMILES string of the molecule is O=C(CCOCC1CCCO1)N1CCN(CCOc2ccc(Cl)cc2)CC1. The molecule has 2 saturated heterocycles. The van der Waals surface area contributed by atoms with Gasteiger partial charge in [-0.25, -0.2) is 0 Å². The molecule has 1 amide bonds. The van der Waals surface area contributed by atoms with Crippen LogP contribution >= 0.6 is 11.6 Å². The Morgan fingerprint density at radius 1 is 1.15 bits per heavy atom. The van der Waals surface area contributed by atoms with Crippen molar-refractivity contribution in [2.45, 2.75) is 25.4 Å². The number of hydrogen-bond acceptors (Lipinski definition) is 5. The Morgan fingerprint density at radius 2 is 1.93 bits per heavy atom. The molecule has 1 aromatic carbocycles. The lowest BCUT2D eigenvalue weighted by molar-refractivity contribution is -0.134. The maximum absolute atomic E-state index is 12.3. The third kappa shape index (κ3) is 6.96. The van der Waals surface area contributed by atoms with E-state index < -0.39 is 0 Å². The van der Waals surface area contributed by atoms with Gasteiger partial charge in [-0.2, -0.15) is 0 Å². The van der Waals surface area contributed by atoms with Crippen LogP contribution in [0.3, 0.4) is 0 Å². The zero-order valence-electron chi connectivity index (χ0n) is 15.8. The van der Waals surface area contributed by atoms with Crippen molar-refractivity contribution >= 4 is 17.5 Å². The fourth-order valence-electron chi connectivity index (χ4n) is 3.35. The second-order valence-corrected chi connectivity index (χ2v) is 7.42. The minimum Gasteiger partial charge on any atom is -0.492 e. The Hall–Kier alpha value is -1.34. The normalized spacial score (nSPS) is 20.8. The number of nitrogens with zero attached hydrogens (tertiary/aromatic N) is 2. The van der Waals surface area contributed by atoms with Crippen molar-refractivity contribution in [3.63, 3.8) is 0 Å². The van der Waals surface area contributed by atoms with Crippen molar-refractivity contribution < 1.29 is 19.0 Å².